The first kappa shape index (κ1) is 29.7. The Bertz CT molecular complexity index is 1300. The number of hydrogen-bond acceptors (Lipinski definition) is 6. The fourth-order valence-corrected chi connectivity index (χ4v) is 5.73. The van der Waals surface area contributed by atoms with E-state index in [1.165, 1.54) is 0 Å². The lowest BCUT2D eigenvalue weighted by molar-refractivity contribution is -0.139. The van der Waals surface area contributed by atoms with Crippen LogP contribution in [0.15, 0.2) is 53.7 Å². The Kier molecular flexibility index (Phi) is 9.60. The van der Waals surface area contributed by atoms with Crippen molar-refractivity contribution in [1.82, 2.24) is 20.0 Å². The number of nitrogens with one attached hydrogen (secondary N) is 1. The summed E-state index contributed by atoms with van der Waals surface area (Å²) < 4.78 is 10.7. The molecule has 9 nitrogen and oxygen atoms in total. The molecule has 0 bridgehead atoms. The molecule has 2 unspecified atom stereocenters. The van der Waals surface area contributed by atoms with Crippen molar-refractivity contribution in [3.05, 3.63) is 74.9 Å². The quantitative estimate of drug-likeness (QED) is 0.447. The molecule has 1 fully saturated rings. The van der Waals surface area contributed by atoms with Crippen LogP contribution in [0.5, 0.6) is 5.75 Å². The molecular formula is C29H34Cl2N4O5. The molecule has 40 heavy (non-hydrogen) atoms. The van der Waals surface area contributed by atoms with Gasteiger partial charge in [-0.25, -0.2) is 9.59 Å². The molecule has 4 rings (SSSR count). The van der Waals surface area contributed by atoms with E-state index in [2.05, 4.69) is 10.2 Å². The molecule has 1 N–H and O–H groups in total. The molecule has 1 saturated heterocycles. The van der Waals surface area contributed by atoms with Crippen LogP contribution in [0.25, 0.3) is 0 Å². The molecule has 2 aliphatic rings. The standard InChI is InChI=1S/C29H34Cl2N4O5/c1-5-34-24(17-33-13-14-35(18(3)16-33)27(36)19-7-10-21(39-4)11-8-19)25(28(37)40-6-2)26(32-29(34)38)22-12-9-20(30)15-23(22)31/h7-12,15,18,26H,5-6,13-14,16-17H2,1-4H3,(H,32,38). The topological polar surface area (TPSA) is 91.4 Å². The number of esters is 1. The van der Waals surface area contributed by atoms with Crippen molar-refractivity contribution in [3.63, 3.8) is 0 Å². The van der Waals surface area contributed by atoms with Crippen molar-refractivity contribution in [2.45, 2.75) is 32.9 Å². The summed E-state index contributed by atoms with van der Waals surface area (Å²) in [5.41, 5.74) is 2.04. The predicted octanol–water partition coefficient (Wildman–Crippen LogP) is 4.75. The molecule has 2 aromatic carbocycles. The molecule has 0 aromatic heterocycles. The number of likely N-dealkylation sites (N-methyl/N-ethyl adjacent to an activating group) is 1. The molecule has 0 spiro atoms. The molecular weight excluding hydrogens is 555 g/mol. The molecule has 2 aliphatic heterocycles. The second-order valence-corrected chi connectivity index (χ2v) is 10.5. The SMILES string of the molecule is CCOC(=O)C1=C(CN2CCN(C(=O)c3ccc(OC)cc3)C(C)C2)N(CC)C(=O)NC1c1ccc(Cl)cc1Cl. The number of amides is 3. The van der Waals surface area contributed by atoms with Crippen LogP contribution in [0.2, 0.25) is 10.0 Å². The van der Waals surface area contributed by atoms with Crippen molar-refractivity contribution < 1.29 is 23.9 Å². The van der Waals surface area contributed by atoms with E-state index < -0.39 is 12.0 Å². The van der Waals surface area contributed by atoms with E-state index in [0.717, 1.165) is 0 Å². The van der Waals surface area contributed by atoms with Crippen molar-refractivity contribution in [1.29, 1.82) is 0 Å². The van der Waals surface area contributed by atoms with Crippen LogP contribution >= 0.6 is 23.2 Å². The van der Waals surface area contributed by atoms with E-state index in [4.69, 9.17) is 32.7 Å². The highest BCUT2D eigenvalue weighted by atomic mass is 35.5. The van der Waals surface area contributed by atoms with Gasteiger partial charge in [-0.05, 0) is 62.7 Å². The van der Waals surface area contributed by atoms with Crippen LogP contribution in [-0.4, -0.2) is 85.1 Å². The summed E-state index contributed by atoms with van der Waals surface area (Å²) in [6.07, 6.45) is 0. The third kappa shape index (κ3) is 6.22. The third-order valence-electron chi connectivity index (χ3n) is 7.21. The Labute approximate surface area is 244 Å². The number of hydrogen-bond donors (Lipinski definition) is 1. The molecule has 214 valence electrons. The van der Waals surface area contributed by atoms with E-state index in [-0.39, 0.29) is 24.6 Å². The first-order chi connectivity index (χ1) is 19.2. The van der Waals surface area contributed by atoms with Gasteiger partial charge in [0.25, 0.3) is 5.91 Å². The Morgan fingerprint density at radius 1 is 1.07 bits per heavy atom. The first-order valence-electron chi connectivity index (χ1n) is 13.3. The van der Waals surface area contributed by atoms with E-state index in [0.29, 0.717) is 70.9 Å². The van der Waals surface area contributed by atoms with E-state index in [1.807, 2.05) is 18.7 Å². The highest BCUT2D eigenvalue weighted by Gasteiger charge is 2.40. The predicted molar refractivity (Wildman–Crippen MR) is 154 cm³/mol. The van der Waals surface area contributed by atoms with Crippen molar-refractivity contribution in [3.8, 4) is 5.75 Å². The highest BCUT2D eigenvalue weighted by molar-refractivity contribution is 6.35. The van der Waals surface area contributed by atoms with Gasteiger partial charge in [0.15, 0.2) is 0 Å². The molecule has 2 heterocycles. The Morgan fingerprint density at radius 3 is 2.40 bits per heavy atom. The number of benzene rings is 2. The smallest absolute Gasteiger partial charge is 0.338 e. The van der Waals surface area contributed by atoms with Crippen LogP contribution < -0.4 is 10.1 Å². The largest absolute Gasteiger partial charge is 0.497 e. The van der Waals surface area contributed by atoms with Gasteiger partial charge in [-0.15, -0.1) is 0 Å². The summed E-state index contributed by atoms with van der Waals surface area (Å²) in [6, 6.07) is 10.8. The fraction of sp³-hybridized carbons (Fsp3) is 0.414. The number of carbonyl (C=O) groups excluding carboxylic acids is 3. The summed E-state index contributed by atoms with van der Waals surface area (Å²) in [4.78, 5) is 45.4. The van der Waals surface area contributed by atoms with Crippen LogP contribution in [0.3, 0.4) is 0 Å². The number of ether oxygens (including phenoxy) is 2. The Balaban J connectivity index is 1.63. The molecule has 0 aliphatic carbocycles. The van der Waals surface area contributed by atoms with Gasteiger partial charge in [-0.1, -0.05) is 29.3 Å². The van der Waals surface area contributed by atoms with Crippen LogP contribution in [0, 0.1) is 0 Å². The van der Waals surface area contributed by atoms with Gasteiger partial charge in [0, 0.05) is 60.1 Å². The van der Waals surface area contributed by atoms with Gasteiger partial charge in [-0.2, -0.15) is 0 Å². The van der Waals surface area contributed by atoms with Gasteiger partial charge in [0.1, 0.15) is 5.75 Å². The monoisotopic (exact) mass is 588 g/mol. The maximum atomic E-state index is 13.4. The van der Waals surface area contributed by atoms with Crippen molar-refractivity contribution in [2.24, 2.45) is 0 Å². The number of rotatable bonds is 8. The molecule has 3 amide bonds. The number of methoxy groups -OCH3 is 1. The van der Waals surface area contributed by atoms with Crippen LogP contribution in [-0.2, 0) is 9.53 Å². The Hall–Kier alpha value is -3.27. The summed E-state index contributed by atoms with van der Waals surface area (Å²) in [7, 11) is 1.59. The second kappa shape index (κ2) is 12.9. The minimum Gasteiger partial charge on any atom is -0.497 e. The normalized spacial score (nSPS) is 19.9. The average molecular weight is 590 g/mol. The summed E-state index contributed by atoms with van der Waals surface area (Å²) >= 11 is 12.6. The minimum absolute atomic E-state index is 0.0501. The molecule has 2 aromatic rings. The maximum absolute atomic E-state index is 13.4. The number of piperazine rings is 1. The zero-order chi connectivity index (χ0) is 29.0. The lowest BCUT2D eigenvalue weighted by Crippen LogP contribution is -2.56. The van der Waals surface area contributed by atoms with E-state index in [1.54, 1.807) is 61.4 Å². The lowest BCUT2D eigenvalue weighted by atomic mass is 9.94. The van der Waals surface area contributed by atoms with Crippen molar-refractivity contribution in [2.75, 3.05) is 46.4 Å². The molecule has 11 heteroatoms. The van der Waals surface area contributed by atoms with E-state index in [9.17, 15) is 14.4 Å². The summed E-state index contributed by atoms with van der Waals surface area (Å²) in [5, 5.41) is 3.71. The Morgan fingerprint density at radius 2 is 1.80 bits per heavy atom. The van der Waals surface area contributed by atoms with Gasteiger partial charge < -0.3 is 19.7 Å². The fourth-order valence-electron chi connectivity index (χ4n) is 5.22. The van der Waals surface area contributed by atoms with Gasteiger partial charge in [-0.3, -0.25) is 14.6 Å². The van der Waals surface area contributed by atoms with Gasteiger partial charge in [0.05, 0.1) is 25.3 Å². The zero-order valence-electron chi connectivity index (χ0n) is 23.1. The van der Waals surface area contributed by atoms with Crippen LogP contribution in [0.4, 0.5) is 4.79 Å². The lowest BCUT2D eigenvalue weighted by Gasteiger charge is -2.43. The number of carbonyl (C=O) groups is 3. The third-order valence-corrected chi connectivity index (χ3v) is 7.77. The minimum atomic E-state index is -0.801. The van der Waals surface area contributed by atoms with Crippen molar-refractivity contribution >= 4 is 41.1 Å². The first-order valence-corrected chi connectivity index (χ1v) is 14.0. The molecule has 0 saturated carbocycles. The average Bonchev–Trinajstić information content (AvgIpc) is 2.93. The highest BCUT2D eigenvalue weighted by Crippen LogP contribution is 2.36. The van der Waals surface area contributed by atoms with Gasteiger partial charge >= 0.3 is 12.0 Å². The van der Waals surface area contributed by atoms with E-state index >= 15 is 0 Å². The summed E-state index contributed by atoms with van der Waals surface area (Å²) in [5.74, 6) is 0.120. The summed E-state index contributed by atoms with van der Waals surface area (Å²) in [6.45, 7) is 8.08. The number of halogens is 2. The number of nitrogens with zero attached hydrogens (tertiary/aromatic N) is 3. The molecule has 0 radical (unpaired) electrons. The molecule has 2 atom stereocenters. The van der Waals surface area contributed by atoms with Crippen LogP contribution in [0.1, 0.15) is 42.7 Å². The number of urea groups is 1. The van der Waals surface area contributed by atoms with Gasteiger partial charge in [0.2, 0.25) is 0 Å². The zero-order valence-corrected chi connectivity index (χ0v) is 24.6. The second-order valence-electron chi connectivity index (χ2n) is 9.68. The maximum Gasteiger partial charge on any atom is 0.338 e.